The van der Waals surface area contributed by atoms with Crippen molar-refractivity contribution in [2.24, 2.45) is 0 Å². The fourth-order valence-electron chi connectivity index (χ4n) is 8.13. The summed E-state index contributed by atoms with van der Waals surface area (Å²) in [4.78, 5) is 25.2. The Labute approximate surface area is 363 Å². The van der Waals surface area contributed by atoms with Crippen LogP contribution in [0.1, 0.15) is 303 Å². The highest BCUT2D eigenvalue weighted by Crippen LogP contribution is 2.17. The molecule has 0 fully saturated rings. The highest BCUT2D eigenvalue weighted by molar-refractivity contribution is 5.69. The molecule has 0 radical (unpaired) electrons. The first-order chi connectivity index (χ1) is 28.6. The summed E-state index contributed by atoms with van der Waals surface area (Å²) in [6.45, 7) is 7.80. The molecule has 0 bridgehead atoms. The molecule has 0 N–H and O–H groups in total. The number of hydrogen-bond donors (Lipinski definition) is 0. The highest BCUT2D eigenvalue weighted by Gasteiger charge is 2.16. The van der Waals surface area contributed by atoms with E-state index in [4.69, 9.17) is 14.2 Å². The average Bonchev–Trinajstić information content (AvgIpc) is 3.23. The summed E-state index contributed by atoms with van der Waals surface area (Å²) in [5.74, 6) is -0.310. The van der Waals surface area contributed by atoms with Crippen molar-refractivity contribution in [3.8, 4) is 0 Å². The Morgan fingerprint density at radius 2 is 0.500 bits per heavy atom. The molecule has 0 aliphatic heterocycles. The van der Waals surface area contributed by atoms with E-state index in [-0.39, 0.29) is 31.3 Å². The Kier molecular flexibility index (Phi) is 49.3. The van der Waals surface area contributed by atoms with E-state index in [9.17, 15) is 9.59 Å². The third-order valence-electron chi connectivity index (χ3n) is 12.2. The summed E-state index contributed by atoms with van der Waals surface area (Å²) in [6.07, 6.45) is 55.5. The van der Waals surface area contributed by atoms with Crippen molar-refractivity contribution in [1.82, 2.24) is 0 Å². The zero-order valence-corrected chi connectivity index (χ0v) is 39.9. The van der Waals surface area contributed by atoms with Crippen molar-refractivity contribution in [3.05, 3.63) is 0 Å². The van der Waals surface area contributed by atoms with Gasteiger partial charge in [-0.15, -0.1) is 0 Å². The van der Waals surface area contributed by atoms with Gasteiger partial charge in [0.25, 0.3) is 0 Å². The Hall–Kier alpha value is -1.10. The van der Waals surface area contributed by atoms with Gasteiger partial charge in [-0.25, -0.2) is 0 Å². The molecule has 0 rings (SSSR count). The monoisotopic (exact) mass is 821 g/mol. The molecule has 0 aliphatic rings. The number of hydrogen-bond acceptors (Lipinski definition) is 5. The first-order valence-electron chi connectivity index (χ1n) is 26.6. The van der Waals surface area contributed by atoms with Crippen molar-refractivity contribution >= 4 is 11.9 Å². The van der Waals surface area contributed by atoms with Crippen LogP contribution in [0.4, 0.5) is 0 Å². The van der Waals surface area contributed by atoms with Crippen molar-refractivity contribution in [1.29, 1.82) is 0 Å². The molecule has 0 aromatic rings. The first kappa shape index (κ1) is 56.9. The lowest BCUT2D eigenvalue weighted by Crippen LogP contribution is -2.29. The molecule has 0 atom stereocenters. The molecule has 0 saturated heterocycles. The maximum atomic E-state index is 12.6. The molecule has 0 aromatic heterocycles. The molecule has 0 aromatic carbocycles. The van der Waals surface area contributed by atoms with Gasteiger partial charge in [0.2, 0.25) is 0 Å². The van der Waals surface area contributed by atoms with Gasteiger partial charge in [-0.2, -0.15) is 0 Å². The Morgan fingerprint density at radius 3 is 0.741 bits per heavy atom. The van der Waals surface area contributed by atoms with Gasteiger partial charge in [0.1, 0.15) is 19.3 Å². The van der Waals surface area contributed by atoms with Crippen LogP contribution in [0.2, 0.25) is 0 Å². The summed E-state index contributed by atoms with van der Waals surface area (Å²) in [5.41, 5.74) is 0. The molecule has 0 heterocycles. The first-order valence-corrected chi connectivity index (χ1v) is 26.6. The second kappa shape index (κ2) is 50.3. The highest BCUT2D eigenvalue weighted by atomic mass is 16.6. The van der Waals surface area contributed by atoms with Crippen LogP contribution in [-0.4, -0.2) is 37.9 Å². The van der Waals surface area contributed by atoms with E-state index in [1.165, 1.54) is 231 Å². The molecular formula is C53H104O5. The summed E-state index contributed by atoms with van der Waals surface area (Å²) in [7, 11) is 0. The van der Waals surface area contributed by atoms with Crippen LogP contribution in [-0.2, 0) is 23.8 Å². The zero-order valence-electron chi connectivity index (χ0n) is 39.9. The van der Waals surface area contributed by atoms with Gasteiger partial charge in [-0.3, -0.25) is 9.59 Å². The molecule has 0 amide bonds. The van der Waals surface area contributed by atoms with E-state index in [1.54, 1.807) is 0 Å². The molecular weight excluding hydrogens is 717 g/mol. The lowest BCUT2D eigenvalue weighted by atomic mass is 10.0. The maximum absolute atomic E-state index is 12.6. The Balaban J connectivity index is 4.18. The summed E-state index contributed by atoms with van der Waals surface area (Å²) < 4.78 is 17.5. The molecule has 0 unspecified atom stereocenters. The van der Waals surface area contributed by atoms with Crippen LogP contribution in [0.5, 0.6) is 0 Å². The van der Waals surface area contributed by atoms with Crippen molar-refractivity contribution in [2.75, 3.05) is 19.8 Å². The number of carbonyl (C=O) groups is 2. The zero-order chi connectivity index (χ0) is 42.1. The molecule has 5 nitrogen and oxygen atoms in total. The Bertz CT molecular complexity index is 753. The second-order valence-corrected chi connectivity index (χ2v) is 18.1. The van der Waals surface area contributed by atoms with Crippen LogP contribution in [0.15, 0.2) is 0 Å². The number of rotatable bonds is 50. The summed E-state index contributed by atoms with van der Waals surface area (Å²) in [6, 6.07) is 0. The van der Waals surface area contributed by atoms with E-state index >= 15 is 0 Å². The number of ether oxygens (including phenoxy) is 3. The van der Waals surface area contributed by atoms with Crippen LogP contribution < -0.4 is 0 Å². The molecule has 346 valence electrons. The average molecular weight is 821 g/mol. The number of esters is 2. The minimum atomic E-state index is -0.387. The predicted molar refractivity (Wildman–Crippen MR) is 252 cm³/mol. The third-order valence-corrected chi connectivity index (χ3v) is 12.2. The topological polar surface area (TPSA) is 61.8 Å². The van der Waals surface area contributed by atoms with Gasteiger partial charge in [-0.05, 0) is 19.3 Å². The fraction of sp³-hybridized carbons (Fsp3) is 0.962. The van der Waals surface area contributed by atoms with Gasteiger partial charge in [0, 0.05) is 19.4 Å². The fourth-order valence-corrected chi connectivity index (χ4v) is 8.13. The van der Waals surface area contributed by atoms with Gasteiger partial charge in [-0.1, -0.05) is 271 Å². The second-order valence-electron chi connectivity index (χ2n) is 18.1. The van der Waals surface area contributed by atoms with Gasteiger partial charge < -0.3 is 14.2 Å². The van der Waals surface area contributed by atoms with E-state index < -0.39 is 0 Å². The summed E-state index contributed by atoms with van der Waals surface area (Å²) in [5, 5.41) is 0. The SMILES string of the molecule is CCCCCCCCCCCCCCCCCCOC(COC(=O)CCCCCCCCCCCCCCC)COC(=O)CCCCCCCCCCCCCCC. The lowest BCUT2D eigenvalue weighted by molar-refractivity contribution is -0.155. The normalized spacial score (nSPS) is 11.5. The Morgan fingerprint density at radius 1 is 0.293 bits per heavy atom. The summed E-state index contributed by atoms with van der Waals surface area (Å²) >= 11 is 0. The lowest BCUT2D eigenvalue weighted by Gasteiger charge is -2.18. The smallest absolute Gasteiger partial charge is 0.305 e. The molecule has 0 aliphatic carbocycles. The van der Waals surface area contributed by atoms with E-state index in [2.05, 4.69) is 20.8 Å². The standard InChI is InChI=1S/C53H104O5/c1-4-7-10-13-16-19-22-25-26-27-30-33-36-39-42-45-48-56-51(49-57-52(54)46-43-40-37-34-31-28-23-20-17-14-11-8-5-2)50-58-53(55)47-44-41-38-35-32-29-24-21-18-15-12-9-6-3/h51H,4-50H2,1-3H3. The van der Waals surface area contributed by atoms with Crippen molar-refractivity contribution < 1.29 is 23.8 Å². The van der Waals surface area contributed by atoms with Crippen molar-refractivity contribution in [3.63, 3.8) is 0 Å². The quantitative estimate of drug-likeness (QED) is 0.0452. The van der Waals surface area contributed by atoms with Gasteiger partial charge in [0.05, 0.1) is 0 Å². The largest absolute Gasteiger partial charge is 0.463 e. The van der Waals surface area contributed by atoms with Gasteiger partial charge >= 0.3 is 11.9 Å². The number of carbonyl (C=O) groups excluding carboxylic acids is 2. The van der Waals surface area contributed by atoms with E-state index in [0.717, 1.165) is 38.5 Å². The van der Waals surface area contributed by atoms with Crippen LogP contribution in [0.3, 0.4) is 0 Å². The van der Waals surface area contributed by atoms with Gasteiger partial charge in [0.15, 0.2) is 0 Å². The maximum Gasteiger partial charge on any atom is 0.305 e. The molecule has 5 heteroatoms. The minimum absolute atomic E-state index is 0.155. The van der Waals surface area contributed by atoms with Crippen LogP contribution >= 0.6 is 0 Å². The molecule has 0 spiro atoms. The van der Waals surface area contributed by atoms with Crippen LogP contribution in [0.25, 0.3) is 0 Å². The van der Waals surface area contributed by atoms with Crippen LogP contribution in [0, 0.1) is 0 Å². The molecule has 58 heavy (non-hydrogen) atoms. The third kappa shape index (κ3) is 47.6. The van der Waals surface area contributed by atoms with E-state index in [1.807, 2.05) is 0 Å². The minimum Gasteiger partial charge on any atom is -0.463 e. The van der Waals surface area contributed by atoms with E-state index in [0.29, 0.717) is 19.4 Å². The molecule has 0 saturated carbocycles. The van der Waals surface area contributed by atoms with Crippen molar-refractivity contribution in [2.45, 2.75) is 309 Å². The predicted octanol–water partition coefficient (Wildman–Crippen LogP) is 17.7. The number of unbranched alkanes of at least 4 members (excludes halogenated alkanes) is 39.